The van der Waals surface area contributed by atoms with Crippen LogP contribution in [0.15, 0.2) is 41.3 Å². The third kappa shape index (κ3) is 3.20. The van der Waals surface area contributed by atoms with E-state index in [4.69, 9.17) is 5.73 Å². The van der Waals surface area contributed by atoms with Crippen LogP contribution in [0.4, 0.5) is 0 Å². The van der Waals surface area contributed by atoms with E-state index in [1.165, 1.54) is 0 Å². The Balaban J connectivity index is 1.88. The fourth-order valence-electron chi connectivity index (χ4n) is 2.52. The minimum Gasteiger partial charge on any atom is -0.375 e. The molecular formula is C16H23N7. The smallest absolute Gasteiger partial charge is 0.210 e. The average molecular weight is 313 g/mol. The number of rotatable bonds is 5. The van der Waals surface area contributed by atoms with Crippen molar-refractivity contribution in [3.8, 4) is 0 Å². The number of nitrogens with zero attached hydrogens (tertiary/aromatic N) is 4. The number of aliphatic imine (C=N–C) groups is 1. The van der Waals surface area contributed by atoms with E-state index in [0.29, 0.717) is 0 Å². The molecule has 1 unspecified atom stereocenters. The lowest BCUT2D eigenvalue weighted by atomic mass is 10.1. The van der Waals surface area contributed by atoms with E-state index >= 15 is 0 Å². The lowest BCUT2D eigenvalue weighted by molar-refractivity contribution is 0.374. The topological polar surface area (TPSA) is 83.5 Å². The van der Waals surface area contributed by atoms with Crippen LogP contribution >= 0.6 is 0 Å². The largest absolute Gasteiger partial charge is 0.375 e. The molecule has 7 nitrogen and oxygen atoms in total. The summed E-state index contributed by atoms with van der Waals surface area (Å²) < 4.78 is 1.97. The Morgan fingerprint density at radius 3 is 2.96 bits per heavy atom. The Kier molecular flexibility index (Phi) is 4.06. The first kappa shape index (κ1) is 15.5. The van der Waals surface area contributed by atoms with Gasteiger partial charge in [0.25, 0.3) is 0 Å². The number of hydrogen-bond donors (Lipinski definition) is 3. The van der Waals surface area contributed by atoms with Gasteiger partial charge in [-0.2, -0.15) is 5.10 Å². The highest BCUT2D eigenvalue weighted by Gasteiger charge is 2.28. The van der Waals surface area contributed by atoms with Crippen molar-refractivity contribution in [1.82, 2.24) is 25.3 Å². The molecule has 1 aromatic heterocycles. The summed E-state index contributed by atoms with van der Waals surface area (Å²) in [5.41, 5.74) is 8.21. The Hall–Kier alpha value is -2.38. The summed E-state index contributed by atoms with van der Waals surface area (Å²) in [6, 6.07) is 6.01. The molecule has 1 atom stereocenters. The second-order valence-corrected chi connectivity index (χ2v) is 5.97. The molecule has 7 heteroatoms. The minimum atomic E-state index is -0.977. The summed E-state index contributed by atoms with van der Waals surface area (Å²) in [5.74, 6) is -0.145. The predicted octanol–water partition coefficient (Wildman–Crippen LogP) is 0.402. The Morgan fingerprint density at radius 2 is 2.22 bits per heavy atom. The molecule has 1 aromatic carbocycles. The fourth-order valence-corrected chi connectivity index (χ4v) is 2.52. The molecule has 0 radical (unpaired) electrons. The lowest BCUT2D eigenvalue weighted by Crippen LogP contribution is -2.51. The predicted molar refractivity (Wildman–Crippen MR) is 92.9 cm³/mol. The number of hydrogen-bond acceptors (Lipinski definition) is 6. The molecule has 2 heterocycles. The third-order valence-electron chi connectivity index (χ3n) is 3.89. The van der Waals surface area contributed by atoms with Crippen molar-refractivity contribution in [2.75, 3.05) is 27.7 Å². The number of allylic oxidation sites excluding steroid dienone is 1. The van der Waals surface area contributed by atoms with Crippen LogP contribution in [0, 0.1) is 0 Å². The van der Waals surface area contributed by atoms with Crippen LogP contribution in [-0.2, 0) is 12.3 Å². The normalized spacial score (nSPS) is 20.7. The highest BCUT2D eigenvalue weighted by Crippen LogP contribution is 2.24. The third-order valence-corrected chi connectivity index (χ3v) is 3.89. The van der Waals surface area contributed by atoms with Crippen molar-refractivity contribution < 1.29 is 0 Å². The molecule has 0 amide bonds. The first-order valence-electron chi connectivity index (χ1n) is 7.63. The first-order chi connectivity index (χ1) is 11.0. The second-order valence-electron chi connectivity index (χ2n) is 5.97. The SMILES string of the molecule is CNC1=CC=NC(N)(c2ccc3cn(CCN(C)C)nc3c2)N1. The van der Waals surface area contributed by atoms with E-state index in [-0.39, 0.29) is 0 Å². The van der Waals surface area contributed by atoms with Crippen LogP contribution in [0.5, 0.6) is 0 Å². The number of nitrogens with two attached hydrogens (primary N) is 1. The van der Waals surface area contributed by atoms with Crippen molar-refractivity contribution in [3.05, 3.63) is 41.9 Å². The average Bonchev–Trinajstić information content (AvgIpc) is 2.95. The van der Waals surface area contributed by atoms with Crippen molar-refractivity contribution in [3.63, 3.8) is 0 Å². The highest BCUT2D eigenvalue weighted by molar-refractivity contribution is 5.79. The van der Waals surface area contributed by atoms with E-state index in [1.54, 1.807) is 6.21 Å². The van der Waals surface area contributed by atoms with Gasteiger partial charge in [0.05, 0.1) is 12.1 Å². The molecule has 2 aromatic rings. The Bertz CT molecular complexity index is 759. The van der Waals surface area contributed by atoms with E-state index in [9.17, 15) is 0 Å². The molecule has 23 heavy (non-hydrogen) atoms. The summed E-state index contributed by atoms with van der Waals surface area (Å²) in [5, 5.41) is 12.0. The molecule has 0 spiro atoms. The number of benzene rings is 1. The molecule has 3 rings (SSSR count). The molecular weight excluding hydrogens is 290 g/mol. The van der Waals surface area contributed by atoms with Gasteiger partial charge < -0.3 is 15.5 Å². The van der Waals surface area contributed by atoms with Gasteiger partial charge in [-0.1, -0.05) is 12.1 Å². The van der Waals surface area contributed by atoms with Gasteiger partial charge in [0.1, 0.15) is 5.82 Å². The monoisotopic (exact) mass is 313 g/mol. The number of nitrogens with one attached hydrogen (secondary N) is 2. The summed E-state index contributed by atoms with van der Waals surface area (Å²) in [6.45, 7) is 1.80. The molecule has 4 N–H and O–H groups in total. The van der Waals surface area contributed by atoms with Gasteiger partial charge in [-0.3, -0.25) is 10.4 Å². The van der Waals surface area contributed by atoms with Gasteiger partial charge in [0, 0.05) is 37.0 Å². The molecule has 0 saturated carbocycles. The Morgan fingerprint density at radius 1 is 1.39 bits per heavy atom. The maximum Gasteiger partial charge on any atom is 0.210 e. The molecule has 1 aliphatic heterocycles. The summed E-state index contributed by atoms with van der Waals surface area (Å²) >= 11 is 0. The molecule has 0 saturated heterocycles. The van der Waals surface area contributed by atoms with Crippen LogP contribution in [0.1, 0.15) is 5.56 Å². The van der Waals surface area contributed by atoms with Crippen LogP contribution in [-0.4, -0.2) is 48.6 Å². The molecule has 122 valence electrons. The minimum absolute atomic E-state index is 0.833. The number of fused-ring (bicyclic) bond motifs is 1. The van der Waals surface area contributed by atoms with E-state index in [2.05, 4.69) is 45.9 Å². The van der Waals surface area contributed by atoms with E-state index in [1.807, 2.05) is 36.0 Å². The number of aromatic nitrogens is 2. The maximum absolute atomic E-state index is 6.41. The van der Waals surface area contributed by atoms with Crippen molar-refractivity contribution in [1.29, 1.82) is 0 Å². The van der Waals surface area contributed by atoms with Gasteiger partial charge in [-0.25, -0.2) is 4.99 Å². The zero-order valence-electron chi connectivity index (χ0n) is 13.7. The standard InChI is InChI=1S/C16H23N7/c1-18-15-6-7-19-16(17,20-15)13-5-4-12-11-23(9-8-22(2)3)21-14(12)10-13/h4-7,10-11,18,20H,8-9,17H2,1-3H3. The molecule has 0 bridgehead atoms. The first-order valence-corrected chi connectivity index (χ1v) is 7.63. The maximum atomic E-state index is 6.41. The van der Waals surface area contributed by atoms with Gasteiger partial charge in [0.2, 0.25) is 5.79 Å². The zero-order chi connectivity index (χ0) is 16.4. The van der Waals surface area contributed by atoms with Gasteiger partial charge in [-0.05, 0) is 26.2 Å². The summed E-state index contributed by atoms with van der Waals surface area (Å²) in [4.78, 5) is 6.52. The van der Waals surface area contributed by atoms with Gasteiger partial charge in [-0.15, -0.1) is 0 Å². The van der Waals surface area contributed by atoms with E-state index < -0.39 is 5.79 Å². The van der Waals surface area contributed by atoms with Crippen molar-refractivity contribution in [2.45, 2.75) is 12.3 Å². The molecule has 1 aliphatic rings. The van der Waals surface area contributed by atoms with Crippen LogP contribution in [0.3, 0.4) is 0 Å². The van der Waals surface area contributed by atoms with E-state index in [0.717, 1.165) is 35.4 Å². The zero-order valence-corrected chi connectivity index (χ0v) is 13.7. The highest BCUT2D eigenvalue weighted by atomic mass is 15.3. The van der Waals surface area contributed by atoms with Crippen LogP contribution in [0.2, 0.25) is 0 Å². The van der Waals surface area contributed by atoms with Crippen LogP contribution < -0.4 is 16.4 Å². The van der Waals surface area contributed by atoms with Crippen LogP contribution in [0.25, 0.3) is 10.9 Å². The van der Waals surface area contributed by atoms with Crippen molar-refractivity contribution in [2.24, 2.45) is 10.7 Å². The molecule has 0 fully saturated rings. The van der Waals surface area contributed by atoms with Gasteiger partial charge in [0.15, 0.2) is 0 Å². The summed E-state index contributed by atoms with van der Waals surface area (Å²) in [7, 11) is 5.95. The number of likely N-dealkylation sites (N-methyl/N-ethyl adjacent to an activating group) is 1. The van der Waals surface area contributed by atoms with Gasteiger partial charge >= 0.3 is 0 Å². The quantitative estimate of drug-likeness (QED) is 0.744. The fraction of sp³-hybridized carbons (Fsp3) is 0.375. The second kappa shape index (κ2) is 6.02. The lowest BCUT2D eigenvalue weighted by Gasteiger charge is -2.31. The molecule has 0 aliphatic carbocycles. The summed E-state index contributed by atoms with van der Waals surface area (Å²) in [6.07, 6.45) is 5.62. The van der Waals surface area contributed by atoms with Crippen molar-refractivity contribution >= 4 is 17.1 Å². The Labute approximate surface area is 135 Å².